The van der Waals surface area contributed by atoms with E-state index in [9.17, 15) is 18.0 Å². The topological polar surface area (TPSA) is 41.6 Å². The summed E-state index contributed by atoms with van der Waals surface area (Å²) < 4.78 is 44.0. The Morgan fingerprint density at radius 1 is 1.30 bits per heavy atom. The lowest BCUT2D eigenvalue weighted by molar-refractivity contribution is -0.158. The number of carbonyl (C=O) groups excluding carboxylic acids is 1. The highest BCUT2D eigenvalue weighted by atomic mass is 19.4. The van der Waals surface area contributed by atoms with Crippen molar-refractivity contribution in [3.8, 4) is 5.75 Å². The van der Waals surface area contributed by atoms with Crippen molar-refractivity contribution in [2.45, 2.75) is 12.2 Å². The highest BCUT2D eigenvalue weighted by Crippen LogP contribution is 2.33. The van der Waals surface area contributed by atoms with E-state index in [1.807, 2.05) is 0 Å². The van der Waals surface area contributed by atoms with Gasteiger partial charge in [-0.25, -0.2) is 0 Å². The van der Waals surface area contributed by atoms with Gasteiger partial charge in [-0.3, -0.25) is 10.1 Å². The quantitative estimate of drug-likeness (QED) is 0.901. The molecule has 0 aliphatic heterocycles. The SMILES string of the molecule is COc1ccc([C@H](NCC(=O)N(C)C)C(F)(F)F)cc1. The molecule has 0 spiro atoms. The molecule has 0 aromatic heterocycles. The summed E-state index contributed by atoms with van der Waals surface area (Å²) in [6.07, 6.45) is -4.48. The number of halogens is 3. The van der Waals surface area contributed by atoms with Gasteiger partial charge in [-0.1, -0.05) is 12.1 Å². The van der Waals surface area contributed by atoms with Crippen LogP contribution in [0, 0.1) is 0 Å². The van der Waals surface area contributed by atoms with Crippen LogP contribution < -0.4 is 10.1 Å². The van der Waals surface area contributed by atoms with Crippen molar-refractivity contribution in [2.75, 3.05) is 27.7 Å². The van der Waals surface area contributed by atoms with Crippen LogP contribution in [0.15, 0.2) is 24.3 Å². The van der Waals surface area contributed by atoms with Gasteiger partial charge in [0.1, 0.15) is 11.8 Å². The number of carbonyl (C=O) groups is 1. The van der Waals surface area contributed by atoms with E-state index in [1.54, 1.807) is 0 Å². The maximum Gasteiger partial charge on any atom is 0.407 e. The third-order valence-electron chi connectivity index (χ3n) is 2.73. The number of alkyl halides is 3. The van der Waals surface area contributed by atoms with Crippen molar-refractivity contribution in [2.24, 2.45) is 0 Å². The van der Waals surface area contributed by atoms with Crippen LogP contribution in [-0.2, 0) is 4.79 Å². The van der Waals surface area contributed by atoms with Gasteiger partial charge in [-0.15, -0.1) is 0 Å². The second-order valence-electron chi connectivity index (χ2n) is 4.42. The molecule has 0 saturated heterocycles. The van der Waals surface area contributed by atoms with E-state index >= 15 is 0 Å². The van der Waals surface area contributed by atoms with Crippen molar-refractivity contribution in [3.05, 3.63) is 29.8 Å². The van der Waals surface area contributed by atoms with Gasteiger partial charge in [-0.05, 0) is 17.7 Å². The molecule has 0 radical (unpaired) electrons. The summed E-state index contributed by atoms with van der Waals surface area (Å²) in [5.74, 6) is 0.0480. The Labute approximate surface area is 115 Å². The molecule has 1 aromatic carbocycles. The first kappa shape index (κ1) is 16.3. The van der Waals surface area contributed by atoms with Crippen LogP contribution >= 0.6 is 0 Å². The van der Waals surface area contributed by atoms with E-state index in [-0.39, 0.29) is 12.1 Å². The Bertz CT molecular complexity index is 444. The lowest BCUT2D eigenvalue weighted by atomic mass is 10.1. The summed E-state index contributed by atoms with van der Waals surface area (Å²) in [7, 11) is 4.41. The van der Waals surface area contributed by atoms with Gasteiger partial charge in [0.2, 0.25) is 5.91 Å². The van der Waals surface area contributed by atoms with Gasteiger partial charge in [0, 0.05) is 14.1 Å². The molecule has 4 nitrogen and oxygen atoms in total. The third-order valence-corrected chi connectivity index (χ3v) is 2.73. The summed E-state index contributed by atoms with van der Waals surface area (Å²) in [4.78, 5) is 12.6. The first-order chi connectivity index (χ1) is 9.25. The average Bonchev–Trinajstić information content (AvgIpc) is 2.37. The molecule has 0 aliphatic rings. The average molecular weight is 290 g/mol. The molecule has 0 fully saturated rings. The number of rotatable bonds is 5. The van der Waals surface area contributed by atoms with Crippen molar-refractivity contribution in [3.63, 3.8) is 0 Å². The Morgan fingerprint density at radius 3 is 2.25 bits per heavy atom. The van der Waals surface area contributed by atoms with Gasteiger partial charge in [0.05, 0.1) is 13.7 Å². The second kappa shape index (κ2) is 6.60. The summed E-state index contributed by atoms with van der Waals surface area (Å²) in [6.45, 7) is -0.386. The van der Waals surface area contributed by atoms with Crippen molar-refractivity contribution in [1.82, 2.24) is 10.2 Å². The number of nitrogens with one attached hydrogen (secondary N) is 1. The van der Waals surface area contributed by atoms with E-state index in [4.69, 9.17) is 4.74 Å². The first-order valence-corrected chi connectivity index (χ1v) is 5.90. The minimum atomic E-state index is -4.48. The Balaban J connectivity index is 2.86. The number of amides is 1. The summed E-state index contributed by atoms with van der Waals surface area (Å²) in [6, 6.07) is 3.65. The number of likely N-dealkylation sites (N-methyl/N-ethyl adjacent to an activating group) is 1. The highest BCUT2D eigenvalue weighted by molar-refractivity contribution is 5.77. The predicted octanol–water partition coefficient (Wildman–Crippen LogP) is 1.98. The Morgan fingerprint density at radius 2 is 1.85 bits per heavy atom. The molecular weight excluding hydrogens is 273 g/mol. The maximum atomic E-state index is 13.0. The minimum absolute atomic E-state index is 0.0323. The third kappa shape index (κ3) is 4.41. The van der Waals surface area contributed by atoms with Gasteiger partial charge < -0.3 is 9.64 Å². The number of benzene rings is 1. The molecule has 1 atom stereocenters. The molecule has 1 amide bonds. The second-order valence-corrected chi connectivity index (χ2v) is 4.42. The monoisotopic (exact) mass is 290 g/mol. The van der Waals surface area contributed by atoms with Crippen LogP contribution in [0.2, 0.25) is 0 Å². The lowest BCUT2D eigenvalue weighted by Crippen LogP contribution is -2.40. The zero-order chi connectivity index (χ0) is 15.3. The molecule has 0 aliphatic carbocycles. The zero-order valence-corrected chi connectivity index (χ0v) is 11.5. The fourth-order valence-electron chi connectivity index (χ4n) is 1.57. The van der Waals surface area contributed by atoms with Gasteiger partial charge in [0.25, 0.3) is 0 Å². The van der Waals surface area contributed by atoms with Gasteiger partial charge >= 0.3 is 6.18 Å². The molecule has 112 valence electrons. The molecule has 0 unspecified atom stereocenters. The van der Waals surface area contributed by atoms with Gasteiger partial charge in [-0.2, -0.15) is 13.2 Å². The summed E-state index contributed by atoms with van der Waals surface area (Å²) >= 11 is 0. The van der Waals surface area contributed by atoms with Crippen molar-refractivity contribution in [1.29, 1.82) is 0 Å². The highest BCUT2D eigenvalue weighted by Gasteiger charge is 2.40. The largest absolute Gasteiger partial charge is 0.497 e. The van der Waals surface area contributed by atoms with E-state index in [2.05, 4.69) is 5.32 Å². The van der Waals surface area contributed by atoms with Crippen LogP contribution in [-0.4, -0.2) is 44.7 Å². The molecule has 1 rings (SSSR count). The van der Waals surface area contributed by atoms with E-state index in [1.165, 1.54) is 50.4 Å². The Kier molecular flexibility index (Phi) is 5.38. The van der Waals surface area contributed by atoms with Crippen LogP contribution in [0.25, 0.3) is 0 Å². The van der Waals surface area contributed by atoms with Crippen LogP contribution in [0.4, 0.5) is 13.2 Å². The molecular formula is C13H17F3N2O2. The molecule has 7 heteroatoms. The summed E-state index contributed by atoms with van der Waals surface area (Å²) in [5, 5.41) is 2.24. The van der Waals surface area contributed by atoms with Crippen LogP contribution in [0.5, 0.6) is 5.75 Å². The fourth-order valence-corrected chi connectivity index (χ4v) is 1.57. The molecule has 0 saturated carbocycles. The predicted molar refractivity (Wildman–Crippen MR) is 68.5 cm³/mol. The minimum Gasteiger partial charge on any atom is -0.497 e. The number of ether oxygens (including phenoxy) is 1. The number of nitrogens with zero attached hydrogens (tertiary/aromatic N) is 1. The normalized spacial score (nSPS) is 12.9. The number of hydrogen-bond acceptors (Lipinski definition) is 3. The molecule has 20 heavy (non-hydrogen) atoms. The fraction of sp³-hybridized carbons (Fsp3) is 0.462. The zero-order valence-electron chi connectivity index (χ0n) is 11.5. The molecule has 0 heterocycles. The maximum absolute atomic E-state index is 13.0. The number of hydrogen-bond donors (Lipinski definition) is 1. The molecule has 1 N–H and O–H groups in total. The van der Waals surface area contributed by atoms with Crippen LogP contribution in [0.1, 0.15) is 11.6 Å². The number of methoxy groups -OCH3 is 1. The van der Waals surface area contributed by atoms with Crippen LogP contribution in [0.3, 0.4) is 0 Å². The molecule has 1 aromatic rings. The van der Waals surface area contributed by atoms with E-state index < -0.39 is 18.1 Å². The molecule has 0 bridgehead atoms. The standard InChI is InChI=1S/C13H17F3N2O2/c1-18(2)11(19)8-17-12(13(14,15)16)9-4-6-10(20-3)7-5-9/h4-7,12,17H,8H2,1-3H3/t12-/m0/s1. The lowest BCUT2D eigenvalue weighted by Gasteiger charge is -2.23. The van der Waals surface area contributed by atoms with Gasteiger partial charge in [0.15, 0.2) is 0 Å². The Hall–Kier alpha value is -1.76. The first-order valence-electron chi connectivity index (χ1n) is 5.90. The van der Waals surface area contributed by atoms with E-state index in [0.717, 1.165) is 0 Å². The van der Waals surface area contributed by atoms with E-state index in [0.29, 0.717) is 5.75 Å². The van der Waals surface area contributed by atoms with Crippen molar-refractivity contribution >= 4 is 5.91 Å². The summed E-state index contributed by atoms with van der Waals surface area (Å²) in [5.41, 5.74) is 0.0323. The smallest absolute Gasteiger partial charge is 0.407 e. The van der Waals surface area contributed by atoms with Crippen molar-refractivity contribution < 1.29 is 22.7 Å².